The van der Waals surface area contributed by atoms with E-state index in [4.69, 9.17) is 4.52 Å². The number of hydrogen-bond donors (Lipinski definition) is 1. The first-order chi connectivity index (χ1) is 6.26. The molecule has 1 N–H and O–H groups in total. The lowest BCUT2D eigenvalue weighted by Gasteiger charge is -2.08. The Kier molecular flexibility index (Phi) is 3.96. The summed E-state index contributed by atoms with van der Waals surface area (Å²) in [6, 6.07) is 2.55. The molecule has 0 amide bonds. The van der Waals surface area contributed by atoms with Crippen molar-refractivity contribution in [1.82, 2.24) is 10.5 Å². The van der Waals surface area contributed by atoms with Gasteiger partial charge in [0.25, 0.3) is 0 Å². The molecular formula is C10H18N2O. The minimum Gasteiger partial charge on any atom is -0.360 e. The third kappa shape index (κ3) is 3.19. The van der Waals surface area contributed by atoms with Gasteiger partial charge >= 0.3 is 0 Å². The molecule has 0 aliphatic heterocycles. The molecule has 0 saturated carbocycles. The SMILES string of the molecule is CCc1cc(CNC(C)CC)on1. The minimum atomic E-state index is 0.537. The first-order valence-electron chi connectivity index (χ1n) is 4.94. The van der Waals surface area contributed by atoms with Gasteiger partial charge in [0, 0.05) is 12.1 Å². The molecule has 3 nitrogen and oxygen atoms in total. The highest BCUT2D eigenvalue weighted by atomic mass is 16.5. The average Bonchev–Trinajstić information content (AvgIpc) is 2.61. The van der Waals surface area contributed by atoms with Gasteiger partial charge in [-0.05, 0) is 19.8 Å². The van der Waals surface area contributed by atoms with E-state index in [1.807, 2.05) is 6.07 Å². The Balaban J connectivity index is 2.36. The van der Waals surface area contributed by atoms with Gasteiger partial charge < -0.3 is 9.84 Å². The van der Waals surface area contributed by atoms with Gasteiger partial charge in [-0.2, -0.15) is 0 Å². The lowest BCUT2D eigenvalue weighted by molar-refractivity contribution is 0.359. The fraction of sp³-hybridized carbons (Fsp3) is 0.700. The summed E-state index contributed by atoms with van der Waals surface area (Å²) in [5.41, 5.74) is 1.03. The number of nitrogens with one attached hydrogen (secondary N) is 1. The molecular weight excluding hydrogens is 164 g/mol. The maximum atomic E-state index is 5.14. The third-order valence-electron chi connectivity index (χ3n) is 2.21. The Morgan fingerprint density at radius 3 is 2.85 bits per heavy atom. The molecule has 1 rings (SSSR count). The van der Waals surface area contributed by atoms with Crippen LogP contribution in [0.2, 0.25) is 0 Å². The molecule has 1 unspecified atom stereocenters. The summed E-state index contributed by atoms with van der Waals surface area (Å²) in [6.07, 6.45) is 2.07. The van der Waals surface area contributed by atoms with Crippen LogP contribution in [0.25, 0.3) is 0 Å². The van der Waals surface area contributed by atoms with E-state index in [-0.39, 0.29) is 0 Å². The zero-order valence-electron chi connectivity index (χ0n) is 8.63. The van der Waals surface area contributed by atoms with Crippen LogP contribution in [0.15, 0.2) is 10.6 Å². The largest absolute Gasteiger partial charge is 0.360 e. The van der Waals surface area contributed by atoms with Crippen LogP contribution >= 0.6 is 0 Å². The maximum Gasteiger partial charge on any atom is 0.150 e. The van der Waals surface area contributed by atoms with E-state index in [0.29, 0.717) is 6.04 Å². The fourth-order valence-electron chi connectivity index (χ4n) is 1.02. The molecule has 0 radical (unpaired) electrons. The van der Waals surface area contributed by atoms with Gasteiger partial charge in [-0.3, -0.25) is 0 Å². The Hall–Kier alpha value is -0.830. The molecule has 0 aliphatic rings. The van der Waals surface area contributed by atoms with Crippen molar-refractivity contribution in [2.75, 3.05) is 0 Å². The second kappa shape index (κ2) is 5.02. The van der Waals surface area contributed by atoms with Crippen LogP contribution in [-0.4, -0.2) is 11.2 Å². The van der Waals surface area contributed by atoms with Gasteiger partial charge in [0.15, 0.2) is 5.76 Å². The molecule has 0 fully saturated rings. The molecule has 0 bridgehead atoms. The van der Waals surface area contributed by atoms with Crippen molar-refractivity contribution in [3.8, 4) is 0 Å². The van der Waals surface area contributed by atoms with Crippen LogP contribution in [0.4, 0.5) is 0 Å². The van der Waals surface area contributed by atoms with Crippen molar-refractivity contribution < 1.29 is 4.52 Å². The van der Waals surface area contributed by atoms with E-state index < -0.39 is 0 Å². The Morgan fingerprint density at radius 1 is 1.54 bits per heavy atom. The van der Waals surface area contributed by atoms with Crippen molar-refractivity contribution in [3.63, 3.8) is 0 Å². The van der Waals surface area contributed by atoms with Crippen molar-refractivity contribution in [1.29, 1.82) is 0 Å². The van der Waals surface area contributed by atoms with E-state index in [9.17, 15) is 0 Å². The monoisotopic (exact) mass is 182 g/mol. The first kappa shape index (κ1) is 10.3. The Bertz CT molecular complexity index is 245. The normalized spacial score (nSPS) is 13.2. The predicted molar refractivity (Wildman–Crippen MR) is 52.5 cm³/mol. The standard InChI is InChI=1S/C10H18N2O/c1-4-8(3)11-7-10-6-9(5-2)12-13-10/h6,8,11H,4-5,7H2,1-3H3. The number of aromatic nitrogens is 1. The van der Waals surface area contributed by atoms with Gasteiger partial charge in [0.05, 0.1) is 12.2 Å². The van der Waals surface area contributed by atoms with Crippen LogP contribution < -0.4 is 5.32 Å². The van der Waals surface area contributed by atoms with E-state index >= 15 is 0 Å². The van der Waals surface area contributed by atoms with Crippen molar-refractivity contribution in [3.05, 3.63) is 17.5 Å². The second-order valence-electron chi connectivity index (χ2n) is 3.33. The topological polar surface area (TPSA) is 38.1 Å². The Labute approximate surface area is 79.5 Å². The molecule has 1 heterocycles. The molecule has 13 heavy (non-hydrogen) atoms. The van der Waals surface area contributed by atoms with Gasteiger partial charge in [-0.1, -0.05) is 19.0 Å². The summed E-state index contributed by atoms with van der Waals surface area (Å²) >= 11 is 0. The summed E-state index contributed by atoms with van der Waals surface area (Å²) in [5.74, 6) is 0.928. The zero-order valence-corrected chi connectivity index (χ0v) is 8.63. The smallest absolute Gasteiger partial charge is 0.150 e. The second-order valence-corrected chi connectivity index (χ2v) is 3.33. The lowest BCUT2D eigenvalue weighted by atomic mass is 10.2. The maximum absolute atomic E-state index is 5.14. The highest BCUT2D eigenvalue weighted by Crippen LogP contribution is 2.04. The van der Waals surface area contributed by atoms with Crippen LogP contribution in [0.1, 0.15) is 38.6 Å². The highest BCUT2D eigenvalue weighted by molar-refractivity contribution is 5.04. The number of hydrogen-bond acceptors (Lipinski definition) is 3. The van der Waals surface area contributed by atoms with E-state index in [1.165, 1.54) is 0 Å². The van der Waals surface area contributed by atoms with Crippen LogP contribution in [0.5, 0.6) is 0 Å². The van der Waals surface area contributed by atoms with E-state index in [2.05, 4.69) is 31.2 Å². The predicted octanol–water partition coefficient (Wildman–Crippen LogP) is 2.13. The molecule has 0 saturated heterocycles. The highest BCUT2D eigenvalue weighted by Gasteiger charge is 2.03. The lowest BCUT2D eigenvalue weighted by Crippen LogP contribution is -2.24. The van der Waals surface area contributed by atoms with Gasteiger partial charge in [-0.15, -0.1) is 0 Å². The summed E-state index contributed by atoms with van der Waals surface area (Å²) in [7, 11) is 0. The number of aryl methyl sites for hydroxylation is 1. The third-order valence-corrected chi connectivity index (χ3v) is 2.21. The van der Waals surface area contributed by atoms with Gasteiger partial charge in [0.2, 0.25) is 0 Å². The molecule has 0 aromatic carbocycles. The molecule has 1 atom stereocenters. The van der Waals surface area contributed by atoms with Crippen LogP contribution in [-0.2, 0) is 13.0 Å². The molecule has 74 valence electrons. The van der Waals surface area contributed by atoms with Crippen LogP contribution in [0, 0.1) is 0 Å². The van der Waals surface area contributed by atoms with Crippen molar-refractivity contribution >= 4 is 0 Å². The first-order valence-corrected chi connectivity index (χ1v) is 4.94. The molecule has 0 spiro atoms. The molecule has 1 aromatic rings. The van der Waals surface area contributed by atoms with Gasteiger partial charge in [0.1, 0.15) is 0 Å². The average molecular weight is 182 g/mol. The fourth-order valence-corrected chi connectivity index (χ4v) is 1.02. The van der Waals surface area contributed by atoms with Gasteiger partial charge in [-0.25, -0.2) is 0 Å². The van der Waals surface area contributed by atoms with E-state index in [0.717, 1.165) is 30.8 Å². The zero-order chi connectivity index (χ0) is 9.68. The summed E-state index contributed by atoms with van der Waals surface area (Å²) < 4.78 is 5.14. The number of nitrogens with zero attached hydrogens (tertiary/aromatic N) is 1. The summed E-state index contributed by atoms with van der Waals surface area (Å²) in [4.78, 5) is 0. The quantitative estimate of drug-likeness (QED) is 0.758. The minimum absolute atomic E-state index is 0.537. The molecule has 3 heteroatoms. The van der Waals surface area contributed by atoms with Crippen LogP contribution in [0.3, 0.4) is 0 Å². The molecule has 1 aromatic heterocycles. The van der Waals surface area contributed by atoms with E-state index in [1.54, 1.807) is 0 Å². The van der Waals surface area contributed by atoms with Crippen molar-refractivity contribution in [2.24, 2.45) is 0 Å². The summed E-state index contributed by atoms with van der Waals surface area (Å²) in [6.45, 7) is 7.18. The number of rotatable bonds is 5. The Morgan fingerprint density at radius 2 is 2.31 bits per heavy atom. The molecule has 0 aliphatic carbocycles. The summed E-state index contributed by atoms with van der Waals surface area (Å²) in [5, 5.41) is 7.28. The van der Waals surface area contributed by atoms with Crippen molar-refractivity contribution in [2.45, 2.75) is 46.2 Å².